The Hall–Kier alpha value is -1.74. The molecule has 1 aliphatic heterocycles. The standard InChI is InChI=1S/C15H14N2S/c1-10-7-13(12-3-2-6-16-9-12)8-11-4-5-14(18)17-15(10)11/h2-3,6-9H,4-5H2,1H3,(H,17,18). The molecule has 1 aliphatic rings. The second kappa shape index (κ2) is 4.50. The highest BCUT2D eigenvalue weighted by Crippen LogP contribution is 2.32. The molecule has 2 aromatic rings. The molecule has 0 radical (unpaired) electrons. The first-order valence-corrected chi connectivity index (χ1v) is 6.48. The number of nitrogens with zero attached hydrogens (tertiary/aromatic N) is 1. The summed E-state index contributed by atoms with van der Waals surface area (Å²) >= 11 is 5.25. The Kier molecular flexibility index (Phi) is 2.84. The van der Waals surface area contributed by atoms with Gasteiger partial charge in [0.25, 0.3) is 0 Å². The molecule has 0 saturated heterocycles. The highest BCUT2D eigenvalue weighted by atomic mass is 32.1. The van der Waals surface area contributed by atoms with Crippen LogP contribution in [0.4, 0.5) is 5.69 Å². The SMILES string of the molecule is Cc1cc(-c2cccnc2)cc2c1NC(=S)CC2. The van der Waals surface area contributed by atoms with Crippen LogP contribution < -0.4 is 5.32 Å². The fraction of sp³-hybridized carbons (Fsp3) is 0.200. The minimum Gasteiger partial charge on any atom is -0.350 e. The van der Waals surface area contributed by atoms with Gasteiger partial charge in [-0.25, -0.2) is 0 Å². The van der Waals surface area contributed by atoms with E-state index in [1.54, 1.807) is 6.20 Å². The van der Waals surface area contributed by atoms with Crippen LogP contribution in [0.2, 0.25) is 0 Å². The Morgan fingerprint density at radius 3 is 2.89 bits per heavy atom. The van der Waals surface area contributed by atoms with Crippen molar-refractivity contribution in [1.29, 1.82) is 0 Å². The number of thiocarbonyl (C=S) groups is 1. The van der Waals surface area contributed by atoms with Crippen LogP contribution in [0.3, 0.4) is 0 Å². The van der Waals surface area contributed by atoms with Gasteiger partial charge in [-0.1, -0.05) is 18.3 Å². The summed E-state index contributed by atoms with van der Waals surface area (Å²) in [5.74, 6) is 0. The quantitative estimate of drug-likeness (QED) is 0.785. The summed E-state index contributed by atoms with van der Waals surface area (Å²) in [5.41, 5.74) is 6.18. The van der Waals surface area contributed by atoms with Crippen molar-refractivity contribution in [2.45, 2.75) is 19.8 Å². The monoisotopic (exact) mass is 254 g/mol. The van der Waals surface area contributed by atoms with Gasteiger partial charge in [-0.15, -0.1) is 0 Å². The largest absolute Gasteiger partial charge is 0.350 e. The van der Waals surface area contributed by atoms with Crippen LogP contribution in [-0.4, -0.2) is 9.97 Å². The van der Waals surface area contributed by atoms with Gasteiger partial charge in [0.05, 0.1) is 4.99 Å². The normalized spacial score (nSPS) is 13.9. The van der Waals surface area contributed by atoms with E-state index in [1.807, 2.05) is 12.3 Å². The van der Waals surface area contributed by atoms with Gasteiger partial charge in [-0.2, -0.15) is 0 Å². The van der Waals surface area contributed by atoms with Gasteiger partial charge >= 0.3 is 0 Å². The van der Waals surface area contributed by atoms with Gasteiger partial charge in [0.1, 0.15) is 0 Å². The zero-order valence-electron chi connectivity index (χ0n) is 10.2. The van der Waals surface area contributed by atoms with Crippen molar-refractivity contribution in [3.05, 3.63) is 47.8 Å². The van der Waals surface area contributed by atoms with Gasteiger partial charge in [-0.3, -0.25) is 4.98 Å². The molecule has 2 heterocycles. The number of benzene rings is 1. The average molecular weight is 254 g/mol. The zero-order valence-corrected chi connectivity index (χ0v) is 11.1. The molecule has 0 spiro atoms. The van der Waals surface area contributed by atoms with Crippen LogP contribution in [-0.2, 0) is 6.42 Å². The lowest BCUT2D eigenvalue weighted by Gasteiger charge is -2.22. The number of hydrogen-bond acceptors (Lipinski definition) is 2. The predicted molar refractivity (Wildman–Crippen MR) is 79.0 cm³/mol. The summed E-state index contributed by atoms with van der Waals surface area (Å²) in [6.45, 7) is 2.12. The molecule has 0 saturated carbocycles. The molecule has 2 nitrogen and oxygen atoms in total. The van der Waals surface area contributed by atoms with Crippen molar-refractivity contribution in [1.82, 2.24) is 4.98 Å². The first-order valence-electron chi connectivity index (χ1n) is 6.08. The Morgan fingerprint density at radius 2 is 2.11 bits per heavy atom. The molecule has 1 N–H and O–H groups in total. The van der Waals surface area contributed by atoms with Crippen LogP contribution in [0.1, 0.15) is 17.5 Å². The van der Waals surface area contributed by atoms with Crippen LogP contribution >= 0.6 is 12.2 Å². The highest BCUT2D eigenvalue weighted by Gasteiger charge is 2.15. The van der Waals surface area contributed by atoms with Crippen LogP contribution in [0, 0.1) is 6.92 Å². The van der Waals surface area contributed by atoms with Gasteiger partial charge in [0, 0.05) is 30.1 Å². The fourth-order valence-corrected chi connectivity index (χ4v) is 2.59. The molecule has 0 bridgehead atoms. The molecule has 0 atom stereocenters. The Balaban J connectivity index is 2.10. The van der Waals surface area contributed by atoms with Crippen LogP contribution in [0.5, 0.6) is 0 Å². The van der Waals surface area contributed by atoms with E-state index in [0.29, 0.717) is 0 Å². The van der Waals surface area contributed by atoms with Gasteiger partial charge in [0.2, 0.25) is 0 Å². The van der Waals surface area contributed by atoms with Crippen molar-refractivity contribution < 1.29 is 0 Å². The predicted octanol–water partition coefficient (Wildman–Crippen LogP) is 3.74. The number of rotatable bonds is 1. The van der Waals surface area contributed by atoms with E-state index in [4.69, 9.17) is 12.2 Å². The van der Waals surface area contributed by atoms with E-state index < -0.39 is 0 Å². The van der Waals surface area contributed by atoms with E-state index in [0.717, 1.165) is 23.4 Å². The lowest BCUT2D eigenvalue weighted by molar-refractivity contribution is 1.02. The van der Waals surface area contributed by atoms with E-state index in [1.165, 1.54) is 22.4 Å². The third kappa shape index (κ3) is 2.02. The molecule has 90 valence electrons. The second-order valence-electron chi connectivity index (χ2n) is 4.62. The maximum absolute atomic E-state index is 5.25. The molecule has 18 heavy (non-hydrogen) atoms. The molecular weight excluding hydrogens is 240 g/mol. The number of anilines is 1. The number of pyridine rings is 1. The van der Waals surface area contributed by atoms with Crippen molar-refractivity contribution in [3.8, 4) is 11.1 Å². The Bertz CT molecular complexity index is 605. The summed E-state index contributed by atoms with van der Waals surface area (Å²) < 4.78 is 0. The smallest absolute Gasteiger partial charge is 0.0800 e. The van der Waals surface area contributed by atoms with Crippen molar-refractivity contribution >= 4 is 22.9 Å². The van der Waals surface area contributed by atoms with Gasteiger partial charge in [0.15, 0.2) is 0 Å². The van der Waals surface area contributed by atoms with Crippen molar-refractivity contribution in [2.75, 3.05) is 5.32 Å². The van der Waals surface area contributed by atoms with Crippen LogP contribution in [0.25, 0.3) is 11.1 Å². The first kappa shape index (κ1) is 11.4. The van der Waals surface area contributed by atoms with Crippen molar-refractivity contribution in [3.63, 3.8) is 0 Å². The minimum absolute atomic E-state index is 0.943. The maximum atomic E-state index is 5.25. The number of aromatic nitrogens is 1. The fourth-order valence-electron chi connectivity index (χ4n) is 2.39. The topological polar surface area (TPSA) is 24.9 Å². The molecule has 3 rings (SSSR count). The summed E-state index contributed by atoms with van der Waals surface area (Å²) in [4.78, 5) is 5.12. The molecule has 0 amide bonds. The third-order valence-corrected chi connectivity index (χ3v) is 3.60. The van der Waals surface area contributed by atoms with Gasteiger partial charge < -0.3 is 5.32 Å². The first-order chi connectivity index (χ1) is 8.74. The van der Waals surface area contributed by atoms with E-state index >= 15 is 0 Å². The molecule has 3 heteroatoms. The number of fused-ring (bicyclic) bond motifs is 1. The molecule has 0 aliphatic carbocycles. The Morgan fingerprint density at radius 1 is 1.22 bits per heavy atom. The minimum atomic E-state index is 0.943. The average Bonchev–Trinajstić information content (AvgIpc) is 2.40. The molecule has 1 aromatic carbocycles. The van der Waals surface area contributed by atoms with Crippen LogP contribution in [0.15, 0.2) is 36.7 Å². The maximum Gasteiger partial charge on any atom is 0.0800 e. The number of nitrogens with one attached hydrogen (secondary N) is 1. The summed E-state index contributed by atoms with van der Waals surface area (Å²) in [6, 6.07) is 8.50. The summed E-state index contributed by atoms with van der Waals surface area (Å²) in [7, 11) is 0. The van der Waals surface area contributed by atoms with Crippen molar-refractivity contribution in [2.24, 2.45) is 0 Å². The highest BCUT2D eigenvalue weighted by molar-refractivity contribution is 7.80. The van der Waals surface area contributed by atoms with E-state index in [9.17, 15) is 0 Å². The lowest BCUT2D eigenvalue weighted by atomic mass is 9.94. The zero-order chi connectivity index (χ0) is 12.5. The lowest BCUT2D eigenvalue weighted by Crippen LogP contribution is -2.18. The molecule has 1 aromatic heterocycles. The van der Waals surface area contributed by atoms with E-state index in [2.05, 4.69) is 35.4 Å². The van der Waals surface area contributed by atoms with E-state index in [-0.39, 0.29) is 0 Å². The van der Waals surface area contributed by atoms with Gasteiger partial charge in [-0.05, 0) is 48.2 Å². The number of hydrogen-bond donors (Lipinski definition) is 1. The summed E-state index contributed by atoms with van der Waals surface area (Å²) in [5, 5.41) is 3.32. The molecular formula is C15H14N2S. The number of aryl methyl sites for hydroxylation is 2. The Labute approximate surface area is 112 Å². The second-order valence-corrected chi connectivity index (χ2v) is 5.11. The molecule has 0 unspecified atom stereocenters. The molecule has 0 fully saturated rings. The summed E-state index contributed by atoms with van der Waals surface area (Å²) in [6.07, 6.45) is 5.67. The third-order valence-electron chi connectivity index (χ3n) is 3.30.